The Hall–Kier alpha value is 0.0800. The zero-order chi connectivity index (χ0) is 5.98. The molecular formula is C6H9NaO2. The third kappa shape index (κ3) is 2.43. The van der Waals surface area contributed by atoms with Gasteiger partial charge in [-0.3, -0.25) is 9.78 Å². The maximum absolute atomic E-state index is 4.68. The third-order valence-corrected chi connectivity index (χ3v) is 1.10. The third-order valence-electron chi connectivity index (χ3n) is 1.10. The van der Waals surface area contributed by atoms with E-state index in [-0.39, 0.29) is 29.6 Å². The molecule has 0 aromatic rings. The van der Waals surface area contributed by atoms with E-state index in [0.29, 0.717) is 0 Å². The van der Waals surface area contributed by atoms with Gasteiger partial charge in [0, 0.05) is 0 Å². The van der Waals surface area contributed by atoms with E-state index in [1.807, 2.05) is 19.9 Å². The fraction of sp³-hybridized carbons (Fsp3) is 0.333. The molecule has 46 valence electrons. The van der Waals surface area contributed by atoms with E-state index in [4.69, 9.17) is 0 Å². The van der Waals surface area contributed by atoms with Crippen molar-refractivity contribution >= 4 is 29.6 Å². The molecule has 2 nitrogen and oxygen atoms in total. The van der Waals surface area contributed by atoms with Crippen LogP contribution >= 0.6 is 0 Å². The predicted octanol–water partition coefficient (Wildman–Crippen LogP) is 1.11. The van der Waals surface area contributed by atoms with Gasteiger partial charge in [-0.15, -0.1) is 0 Å². The van der Waals surface area contributed by atoms with E-state index >= 15 is 0 Å². The van der Waals surface area contributed by atoms with E-state index in [1.54, 1.807) is 0 Å². The van der Waals surface area contributed by atoms with Gasteiger partial charge in [0.1, 0.15) is 6.26 Å². The molecule has 0 bridgehead atoms. The van der Waals surface area contributed by atoms with Crippen molar-refractivity contribution in [1.29, 1.82) is 0 Å². The second-order valence-electron chi connectivity index (χ2n) is 1.72. The first-order valence-electron chi connectivity index (χ1n) is 2.48. The molecule has 1 heterocycles. The second kappa shape index (κ2) is 3.99. The van der Waals surface area contributed by atoms with Gasteiger partial charge in [-0.1, -0.05) is 0 Å². The summed E-state index contributed by atoms with van der Waals surface area (Å²) in [5.41, 5.74) is 1.11. The van der Waals surface area contributed by atoms with Gasteiger partial charge in [-0.05, 0) is 25.5 Å². The van der Waals surface area contributed by atoms with Crippen LogP contribution in [0.15, 0.2) is 23.7 Å². The molecule has 0 N–H and O–H groups in total. The van der Waals surface area contributed by atoms with Gasteiger partial charge in [0.05, 0.1) is 0 Å². The molecule has 0 amide bonds. The first kappa shape index (κ1) is 9.08. The van der Waals surface area contributed by atoms with Crippen molar-refractivity contribution in [3.8, 4) is 0 Å². The van der Waals surface area contributed by atoms with Gasteiger partial charge in [0.25, 0.3) is 0 Å². The van der Waals surface area contributed by atoms with E-state index in [0.717, 1.165) is 11.3 Å². The van der Waals surface area contributed by atoms with Crippen LogP contribution in [0, 0.1) is 0 Å². The van der Waals surface area contributed by atoms with Crippen LogP contribution in [-0.4, -0.2) is 29.6 Å². The Labute approximate surface area is 76.7 Å². The van der Waals surface area contributed by atoms with Gasteiger partial charge in [-0.25, -0.2) is 0 Å². The molecule has 0 radical (unpaired) electrons. The average molecular weight is 136 g/mol. The first-order chi connectivity index (χ1) is 3.80. The Bertz CT molecular complexity index is 149. The van der Waals surface area contributed by atoms with Crippen LogP contribution < -0.4 is 0 Å². The fourth-order valence-corrected chi connectivity index (χ4v) is 0.413. The van der Waals surface area contributed by atoms with Crippen LogP contribution in [0.5, 0.6) is 0 Å². The molecule has 0 fully saturated rings. The summed E-state index contributed by atoms with van der Waals surface area (Å²) in [5, 5.41) is 0. The molecule has 0 saturated carbocycles. The topological polar surface area (TPSA) is 18.5 Å². The first-order valence-corrected chi connectivity index (χ1v) is 2.48. The summed E-state index contributed by atoms with van der Waals surface area (Å²) in [6, 6.07) is 0. The molecule has 0 spiro atoms. The van der Waals surface area contributed by atoms with Crippen LogP contribution in [0.1, 0.15) is 13.8 Å². The summed E-state index contributed by atoms with van der Waals surface area (Å²) in [7, 11) is 0. The normalized spacial score (nSPS) is 15.8. The van der Waals surface area contributed by atoms with E-state index in [9.17, 15) is 0 Å². The van der Waals surface area contributed by atoms with Crippen LogP contribution in [0.4, 0.5) is 0 Å². The molecule has 0 aliphatic carbocycles. The molecular weight excluding hydrogens is 127 g/mol. The number of hydrogen-bond acceptors (Lipinski definition) is 2. The van der Waals surface area contributed by atoms with Crippen molar-refractivity contribution in [2.75, 3.05) is 0 Å². The monoisotopic (exact) mass is 136 g/mol. The van der Waals surface area contributed by atoms with E-state index in [1.165, 1.54) is 6.26 Å². The summed E-state index contributed by atoms with van der Waals surface area (Å²) >= 11 is 0. The van der Waals surface area contributed by atoms with E-state index in [2.05, 4.69) is 9.78 Å². The number of allylic oxidation sites excluding steroid dienone is 3. The zero-order valence-electron chi connectivity index (χ0n) is 4.97. The van der Waals surface area contributed by atoms with Crippen molar-refractivity contribution in [2.45, 2.75) is 13.8 Å². The minimum absolute atomic E-state index is 0. The summed E-state index contributed by atoms with van der Waals surface area (Å²) in [4.78, 5) is 9.20. The molecule has 1 aliphatic heterocycles. The maximum atomic E-state index is 4.68. The van der Waals surface area contributed by atoms with Crippen molar-refractivity contribution in [2.24, 2.45) is 0 Å². The molecule has 0 saturated heterocycles. The quantitative estimate of drug-likeness (QED) is 0.367. The summed E-state index contributed by atoms with van der Waals surface area (Å²) in [5.74, 6) is 0.826. The Kier molecular flexibility index (Phi) is 4.02. The van der Waals surface area contributed by atoms with Gasteiger partial charge < -0.3 is 0 Å². The van der Waals surface area contributed by atoms with Crippen LogP contribution in [0.25, 0.3) is 0 Å². The van der Waals surface area contributed by atoms with E-state index < -0.39 is 0 Å². The molecule has 3 heteroatoms. The molecule has 0 atom stereocenters. The van der Waals surface area contributed by atoms with Gasteiger partial charge >= 0.3 is 29.6 Å². The van der Waals surface area contributed by atoms with Crippen molar-refractivity contribution in [3.63, 3.8) is 0 Å². The predicted molar refractivity (Wildman–Crippen MR) is 36.8 cm³/mol. The minimum atomic E-state index is 0. The van der Waals surface area contributed by atoms with Gasteiger partial charge in [-0.2, -0.15) is 0 Å². The molecule has 1 rings (SSSR count). The number of rotatable bonds is 0. The molecule has 1 aliphatic rings. The summed E-state index contributed by atoms with van der Waals surface area (Å²) in [6.07, 6.45) is 3.38. The van der Waals surface area contributed by atoms with Gasteiger partial charge in [0.2, 0.25) is 0 Å². The second-order valence-corrected chi connectivity index (χ2v) is 1.72. The standard InChI is InChI=1S/C6H8O2.Na.H/c1-5-3-4-7-8-6(5)2;;/h3-4H,1-2H3;;. The Morgan fingerprint density at radius 1 is 1.33 bits per heavy atom. The molecule has 0 aromatic heterocycles. The number of hydrogen-bond donors (Lipinski definition) is 0. The Balaban J connectivity index is 0.000000640. The molecule has 0 unspecified atom stereocenters. The fourth-order valence-electron chi connectivity index (χ4n) is 0.413. The van der Waals surface area contributed by atoms with Crippen LogP contribution in [-0.2, 0) is 9.78 Å². The molecule has 0 aromatic carbocycles. The summed E-state index contributed by atoms with van der Waals surface area (Å²) in [6.45, 7) is 3.83. The Morgan fingerprint density at radius 3 is 2.33 bits per heavy atom. The van der Waals surface area contributed by atoms with Crippen molar-refractivity contribution in [1.82, 2.24) is 0 Å². The average Bonchev–Trinajstić information content (AvgIpc) is 1.77. The van der Waals surface area contributed by atoms with Gasteiger partial charge in [0.15, 0.2) is 5.76 Å². The van der Waals surface area contributed by atoms with Crippen molar-refractivity contribution < 1.29 is 9.78 Å². The molecule has 9 heavy (non-hydrogen) atoms. The van der Waals surface area contributed by atoms with Crippen LogP contribution in [0.2, 0.25) is 0 Å². The SMILES string of the molecule is CC1=C(C)OOC=C1.[NaH]. The summed E-state index contributed by atoms with van der Waals surface area (Å²) < 4.78 is 0. The Morgan fingerprint density at radius 2 is 2.00 bits per heavy atom. The van der Waals surface area contributed by atoms with Crippen molar-refractivity contribution in [3.05, 3.63) is 23.7 Å². The van der Waals surface area contributed by atoms with Crippen LogP contribution in [0.3, 0.4) is 0 Å². The zero-order valence-corrected chi connectivity index (χ0v) is 4.97.